The van der Waals surface area contributed by atoms with E-state index in [1.54, 1.807) is 0 Å². The molecule has 2 heteroatoms. The SMILES string of the molecule is C[C@@H](NCc1ccc2ccccc2c1)c1ccc(Br)cc1. The van der Waals surface area contributed by atoms with Crippen LogP contribution in [0.5, 0.6) is 0 Å². The molecule has 1 N–H and O–H groups in total. The Labute approximate surface area is 134 Å². The van der Waals surface area contributed by atoms with Gasteiger partial charge in [0.25, 0.3) is 0 Å². The largest absolute Gasteiger partial charge is 0.306 e. The molecule has 0 radical (unpaired) electrons. The third-order valence-electron chi connectivity index (χ3n) is 3.80. The second-order valence-corrected chi connectivity index (χ2v) is 6.25. The van der Waals surface area contributed by atoms with Gasteiger partial charge in [0.05, 0.1) is 0 Å². The first-order chi connectivity index (χ1) is 10.2. The minimum Gasteiger partial charge on any atom is -0.306 e. The van der Waals surface area contributed by atoms with Crippen molar-refractivity contribution in [3.8, 4) is 0 Å². The van der Waals surface area contributed by atoms with Gasteiger partial charge in [-0.1, -0.05) is 64.5 Å². The monoisotopic (exact) mass is 339 g/mol. The van der Waals surface area contributed by atoms with Crippen LogP contribution in [0.25, 0.3) is 10.8 Å². The maximum atomic E-state index is 3.58. The molecule has 0 aliphatic carbocycles. The number of benzene rings is 3. The maximum Gasteiger partial charge on any atom is 0.0294 e. The molecule has 21 heavy (non-hydrogen) atoms. The van der Waals surface area contributed by atoms with E-state index in [0.29, 0.717) is 6.04 Å². The van der Waals surface area contributed by atoms with Gasteiger partial charge in [0, 0.05) is 17.1 Å². The van der Waals surface area contributed by atoms with Crippen molar-refractivity contribution in [1.29, 1.82) is 0 Å². The Morgan fingerprint density at radius 3 is 2.38 bits per heavy atom. The summed E-state index contributed by atoms with van der Waals surface area (Å²) in [6.07, 6.45) is 0. The van der Waals surface area contributed by atoms with Crippen molar-refractivity contribution < 1.29 is 0 Å². The molecule has 0 spiro atoms. The number of halogens is 1. The van der Waals surface area contributed by atoms with Gasteiger partial charge in [-0.15, -0.1) is 0 Å². The quantitative estimate of drug-likeness (QED) is 0.666. The van der Waals surface area contributed by atoms with E-state index in [0.717, 1.165) is 11.0 Å². The van der Waals surface area contributed by atoms with Gasteiger partial charge in [-0.05, 0) is 47.0 Å². The molecule has 3 aromatic rings. The zero-order valence-corrected chi connectivity index (χ0v) is 13.6. The van der Waals surface area contributed by atoms with E-state index in [2.05, 4.69) is 94.9 Å². The first-order valence-electron chi connectivity index (χ1n) is 7.19. The van der Waals surface area contributed by atoms with Gasteiger partial charge in [0.2, 0.25) is 0 Å². The standard InChI is InChI=1S/C19H18BrN/c1-14(16-8-10-19(20)11-9-16)21-13-15-6-7-17-4-2-3-5-18(17)12-15/h2-12,14,21H,13H2,1H3/t14-/m1/s1. The van der Waals surface area contributed by atoms with Crippen molar-refractivity contribution in [2.75, 3.05) is 0 Å². The lowest BCUT2D eigenvalue weighted by Gasteiger charge is -2.14. The first kappa shape index (κ1) is 14.3. The van der Waals surface area contributed by atoms with Gasteiger partial charge in [-0.3, -0.25) is 0 Å². The molecule has 0 heterocycles. The van der Waals surface area contributed by atoms with Crippen molar-refractivity contribution >= 4 is 26.7 Å². The molecule has 1 atom stereocenters. The van der Waals surface area contributed by atoms with E-state index in [9.17, 15) is 0 Å². The van der Waals surface area contributed by atoms with Crippen molar-refractivity contribution in [3.63, 3.8) is 0 Å². The molecule has 3 aromatic carbocycles. The van der Waals surface area contributed by atoms with E-state index in [4.69, 9.17) is 0 Å². The predicted molar refractivity (Wildman–Crippen MR) is 93.3 cm³/mol. The molecule has 0 saturated heterocycles. The highest BCUT2D eigenvalue weighted by Gasteiger charge is 2.05. The number of hydrogen-bond acceptors (Lipinski definition) is 1. The number of rotatable bonds is 4. The second kappa shape index (κ2) is 6.42. The molecular formula is C19H18BrN. The number of nitrogens with one attached hydrogen (secondary N) is 1. The van der Waals surface area contributed by atoms with Crippen LogP contribution in [-0.4, -0.2) is 0 Å². The van der Waals surface area contributed by atoms with Gasteiger partial charge < -0.3 is 5.32 Å². The summed E-state index contributed by atoms with van der Waals surface area (Å²) in [6, 6.07) is 24.0. The third-order valence-corrected chi connectivity index (χ3v) is 4.32. The molecule has 1 nitrogen and oxygen atoms in total. The Bertz CT molecular complexity index is 734. The molecule has 0 amide bonds. The lowest BCUT2D eigenvalue weighted by Crippen LogP contribution is -2.17. The van der Waals surface area contributed by atoms with Crippen LogP contribution >= 0.6 is 15.9 Å². The predicted octanol–water partition coefficient (Wildman–Crippen LogP) is 5.45. The van der Waals surface area contributed by atoms with Crippen LogP contribution in [0.4, 0.5) is 0 Å². The average molecular weight is 340 g/mol. The minimum absolute atomic E-state index is 0.338. The van der Waals surface area contributed by atoms with Crippen LogP contribution in [0.1, 0.15) is 24.1 Å². The summed E-state index contributed by atoms with van der Waals surface area (Å²) in [4.78, 5) is 0. The lowest BCUT2D eigenvalue weighted by atomic mass is 10.1. The zero-order valence-electron chi connectivity index (χ0n) is 12.0. The van der Waals surface area contributed by atoms with E-state index in [1.165, 1.54) is 21.9 Å². The smallest absolute Gasteiger partial charge is 0.0294 e. The van der Waals surface area contributed by atoms with E-state index in [1.807, 2.05) is 0 Å². The molecule has 3 rings (SSSR count). The summed E-state index contributed by atoms with van der Waals surface area (Å²) in [6.45, 7) is 3.08. The summed E-state index contributed by atoms with van der Waals surface area (Å²) in [5.74, 6) is 0. The third kappa shape index (κ3) is 3.52. The molecule has 0 aromatic heterocycles. The number of fused-ring (bicyclic) bond motifs is 1. The van der Waals surface area contributed by atoms with Crippen LogP contribution in [0.15, 0.2) is 71.2 Å². The lowest BCUT2D eigenvalue weighted by molar-refractivity contribution is 0.575. The summed E-state index contributed by atoms with van der Waals surface area (Å²) in [5.41, 5.74) is 2.62. The summed E-state index contributed by atoms with van der Waals surface area (Å²) < 4.78 is 1.12. The van der Waals surface area contributed by atoms with Crippen LogP contribution in [0.3, 0.4) is 0 Å². The molecule has 0 unspecified atom stereocenters. The van der Waals surface area contributed by atoms with Crippen molar-refractivity contribution in [2.45, 2.75) is 19.5 Å². The Hall–Kier alpha value is -1.64. The van der Waals surface area contributed by atoms with Gasteiger partial charge in [0.15, 0.2) is 0 Å². The van der Waals surface area contributed by atoms with Crippen molar-refractivity contribution in [2.24, 2.45) is 0 Å². The molecular weight excluding hydrogens is 322 g/mol. The van der Waals surface area contributed by atoms with Crippen LogP contribution in [0.2, 0.25) is 0 Å². The molecule has 0 saturated carbocycles. The van der Waals surface area contributed by atoms with Crippen LogP contribution < -0.4 is 5.32 Å². The zero-order chi connectivity index (χ0) is 14.7. The highest BCUT2D eigenvalue weighted by atomic mass is 79.9. The first-order valence-corrected chi connectivity index (χ1v) is 7.98. The summed E-state index contributed by atoms with van der Waals surface area (Å²) in [7, 11) is 0. The fourth-order valence-corrected chi connectivity index (χ4v) is 2.75. The Balaban J connectivity index is 1.69. The summed E-state index contributed by atoms with van der Waals surface area (Å²) in [5, 5.41) is 6.18. The van der Waals surface area contributed by atoms with Gasteiger partial charge in [-0.2, -0.15) is 0 Å². The molecule has 0 bridgehead atoms. The van der Waals surface area contributed by atoms with E-state index < -0.39 is 0 Å². The highest BCUT2D eigenvalue weighted by Crippen LogP contribution is 2.19. The fourth-order valence-electron chi connectivity index (χ4n) is 2.49. The Morgan fingerprint density at radius 2 is 1.62 bits per heavy atom. The average Bonchev–Trinajstić information content (AvgIpc) is 2.53. The topological polar surface area (TPSA) is 12.0 Å². The van der Waals surface area contributed by atoms with E-state index in [-0.39, 0.29) is 0 Å². The Morgan fingerprint density at radius 1 is 0.905 bits per heavy atom. The molecule has 106 valence electrons. The normalized spacial score (nSPS) is 12.5. The van der Waals surface area contributed by atoms with Gasteiger partial charge >= 0.3 is 0 Å². The van der Waals surface area contributed by atoms with E-state index >= 15 is 0 Å². The minimum atomic E-state index is 0.338. The second-order valence-electron chi connectivity index (χ2n) is 5.34. The highest BCUT2D eigenvalue weighted by molar-refractivity contribution is 9.10. The molecule has 0 aliphatic rings. The Kier molecular flexibility index (Phi) is 4.37. The maximum absolute atomic E-state index is 3.58. The molecule has 0 fully saturated rings. The molecule has 0 aliphatic heterocycles. The van der Waals surface area contributed by atoms with Crippen molar-refractivity contribution in [3.05, 3.63) is 82.3 Å². The summed E-state index contributed by atoms with van der Waals surface area (Å²) >= 11 is 3.47. The fraction of sp³-hybridized carbons (Fsp3) is 0.158. The van der Waals surface area contributed by atoms with Crippen LogP contribution in [-0.2, 0) is 6.54 Å². The van der Waals surface area contributed by atoms with Crippen LogP contribution in [0, 0.1) is 0 Å². The number of hydrogen-bond donors (Lipinski definition) is 1. The van der Waals surface area contributed by atoms with Crippen molar-refractivity contribution in [1.82, 2.24) is 5.32 Å². The van der Waals surface area contributed by atoms with Gasteiger partial charge in [-0.25, -0.2) is 0 Å². The van der Waals surface area contributed by atoms with Gasteiger partial charge in [0.1, 0.15) is 0 Å².